The van der Waals surface area contributed by atoms with Gasteiger partial charge in [0.05, 0.1) is 12.6 Å². The third-order valence-corrected chi connectivity index (χ3v) is 4.45. The van der Waals surface area contributed by atoms with Gasteiger partial charge in [-0.3, -0.25) is 9.69 Å². The van der Waals surface area contributed by atoms with Gasteiger partial charge in [0.25, 0.3) is 5.91 Å². The van der Waals surface area contributed by atoms with Gasteiger partial charge in [0, 0.05) is 17.5 Å². The largest absolute Gasteiger partial charge is 0.497 e. The summed E-state index contributed by atoms with van der Waals surface area (Å²) in [7, 11) is 1.60. The fraction of sp³-hybridized carbons (Fsp3) is 0.200. The fourth-order valence-corrected chi connectivity index (χ4v) is 3.20. The second-order valence-electron chi connectivity index (χ2n) is 6.11. The highest BCUT2D eigenvalue weighted by Gasteiger charge is 2.27. The van der Waals surface area contributed by atoms with E-state index in [0.29, 0.717) is 17.9 Å². The molecule has 0 saturated heterocycles. The van der Waals surface area contributed by atoms with E-state index in [9.17, 15) is 4.79 Å². The minimum absolute atomic E-state index is 0.0355. The van der Waals surface area contributed by atoms with Crippen molar-refractivity contribution >= 4 is 22.6 Å². The first-order chi connectivity index (χ1) is 11.7. The number of hydrogen-bond donors (Lipinski definition) is 0. The van der Waals surface area contributed by atoms with Crippen LogP contribution in [0, 0.1) is 6.92 Å². The summed E-state index contributed by atoms with van der Waals surface area (Å²) in [5, 5.41) is 1.13. The topological polar surface area (TPSA) is 42.4 Å². The number of aryl methyl sites for hydroxylation is 1. The second kappa shape index (κ2) is 5.64. The highest BCUT2D eigenvalue weighted by atomic mass is 16.5. The maximum atomic E-state index is 12.9. The Kier molecular flexibility index (Phi) is 3.45. The zero-order valence-electron chi connectivity index (χ0n) is 13.7. The maximum Gasteiger partial charge on any atom is 0.259 e. The van der Waals surface area contributed by atoms with Crippen LogP contribution in [0.1, 0.15) is 21.5 Å². The highest BCUT2D eigenvalue weighted by molar-refractivity contribution is 6.07. The van der Waals surface area contributed by atoms with Crippen LogP contribution in [0.3, 0.4) is 0 Å². The first-order valence-corrected chi connectivity index (χ1v) is 8.02. The number of fused-ring (bicyclic) bond motifs is 2. The van der Waals surface area contributed by atoms with Crippen molar-refractivity contribution in [1.82, 2.24) is 4.98 Å². The molecule has 1 aliphatic heterocycles. The lowest BCUT2D eigenvalue weighted by Crippen LogP contribution is -2.29. The maximum absolute atomic E-state index is 12.9. The number of rotatable bonds is 2. The molecular weight excluding hydrogens is 300 g/mol. The summed E-state index contributed by atoms with van der Waals surface area (Å²) in [6.45, 7) is 2.74. The molecule has 3 aromatic rings. The van der Waals surface area contributed by atoms with Crippen LogP contribution in [-0.4, -0.2) is 24.5 Å². The molecule has 4 heteroatoms. The van der Waals surface area contributed by atoms with E-state index in [1.807, 2.05) is 30.3 Å². The Morgan fingerprint density at radius 2 is 2.04 bits per heavy atom. The number of aromatic nitrogens is 1. The van der Waals surface area contributed by atoms with E-state index in [1.54, 1.807) is 18.1 Å². The van der Waals surface area contributed by atoms with Crippen LogP contribution in [-0.2, 0) is 6.42 Å². The molecule has 1 aromatic heterocycles. The number of pyridine rings is 1. The van der Waals surface area contributed by atoms with Crippen molar-refractivity contribution in [3.8, 4) is 5.75 Å². The van der Waals surface area contributed by atoms with Crippen molar-refractivity contribution in [2.45, 2.75) is 13.3 Å². The number of ether oxygens (including phenoxy) is 1. The van der Waals surface area contributed by atoms with Crippen molar-refractivity contribution in [1.29, 1.82) is 0 Å². The third kappa shape index (κ3) is 2.40. The summed E-state index contributed by atoms with van der Waals surface area (Å²) in [5.41, 5.74) is 3.88. The summed E-state index contributed by atoms with van der Waals surface area (Å²) in [6.07, 6.45) is 0.835. The van der Waals surface area contributed by atoms with E-state index in [4.69, 9.17) is 9.72 Å². The number of anilines is 1. The Hall–Kier alpha value is -2.88. The van der Waals surface area contributed by atoms with Gasteiger partial charge in [-0.25, -0.2) is 4.98 Å². The zero-order chi connectivity index (χ0) is 16.7. The number of nitrogens with zero attached hydrogens (tertiary/aromatic N) is 2. The van der Waals surface area contributed by atoms with E-state index < -0.39 is 0 Å². The molecule has 2 aromatic carbocycles. The molecule has 2 heterocycles. The molecule has 24 heavy (non-hydrogen) atoms. The van der Waals surface area contributed by atoms with Gasteiger partial charge in [0.15, 0.2) is 0 Å². The van der Waals surface area contributed by atoms with E-state index in [-0.39, 0.29) is 5.91 Å². The second-order valence-corrected chi connectivity index (χ2v) is 6.11. The molecule has 1 aliphatic rings. The predicted molar refractivity (Wildman–Crippen MR) is 94.9 cm³/mol. The van der Waals surface area contributed by atoms with Gasteiger partial charge in [-0.1, -0.05) is 17.7 Å². The molecule has 0 radical (unpaired) electrons. The standard InChI is InChI=1S/C20H18N2O2/c1-13-6-7-18-16(10-13)11-14-8-9-22(19(14)21-18)20(23)15-4-3-5-17(12-15)24-2/h3-7,10-12H,8-9H2,1-2H3. The molecule has 0 bridgehead atoms. The monoisotopic (exact) mass is 318 g/mol. The smallest absolute Gasteiger partial charge is 0.259 e. The van der Waals surface area contributed by atoms with E-state index in [0.717, 1.165) is 28.7 Å². The quantitative estimate of drug-likeness (QED) is 0.722. The van der Waals surface area contributed by atoms with Crippen LogP contribution in [0.5, 0.6) is 5.75 Å². The van der Waals surface area contributed by atoms with Crippen LogP contribution in [0.2, 0.25) is 0 Å². The van der Waals surface area contributed by atoms with Gasteiger partial charge in [0.2, 0.25) is 0 Å². The summed E-state index contributed by atoms with van der Waals surface area (Å²) >= 11 is 0. The molecule has 0 N–H and O–H groups in total. The number of methoxy groups -OCH3 is 1. The lowest BCUT2D eigenvalue weighted by molar-refractivity contribution is 0.0988. The Labute approximate surface area is 140 Å². The van der Waals surface area contributed by atoms with Crippen LogP contribution < -0.4 is 9.64 Å². The lowest BCUT2D eigenvalue weighted by Gasteiger charge is -2.17. The number of carbonyl (C=O) groups excluding carboxylic acids is 1. The minimum atomic E-state index is -0.0355. The van der Waals surface area contributed by atoms with Gasteiger partial charge in [0.1, 0.15) is 11.6 Å². The van der Waals surface area contributed by atoms with Crippen molar-refractivity contribution in [2.75, 3.05) is 18.6 Å². The molecule has 0 saturated carbocycles. The third-order valence-electron chi connectivity index (χ3n) is 4.45. The van der Waals surface area contributed by atoms with Crippen LogP contribution >= 0.6 is 0 Å². The summed E-state index contributed by atoms with van der Waals surface area (Å²) in [6, 6.07) is 15.6. The Morgan fingerprint density at radius 1 is 1.17 bits per heavy atom. The SMILES string of the molecule is COc1cccc(C(=O)N2CCc3cc4cc(C)ccc4nc32)c1. The minimum Gasteiger partial charge on any atom is -0.497 e. The van der Waals surface area contributed by atoms with E-state index in [2.05, 4.69) is 19.1 Å². The summed E-state index contributed by atoms with van der Waals surface area (Å²) < 4.78 is 5.22. The predicted octanol–water partition coefficient (Wildman–Crippen LogP) is 3.75. The fourth-order valence-electron chi connectivity index (χ4n) is 3.20. The van der Waals surface area contributed by atoms with E-state index in [1.165, 1.54) is 5.56 Å². The van der Waals surface area contributed by atoms with Gasteiger partial charge in [-0.05, 0) is 55.3 Å². The molecule has 0 unspecified atom stereocenters. The molecule has 0 spiro atoms. The normalized spacial score (nSPS) is 13.2. The zero-order valence-corrected chi connectivity index (χ0v) is 13.7. The highest BCUT2D eigenvalue weighted by Crippen LogP contribution is 2.31. The molecule has 120 valence electrons. The Bertz CT molecular complexity index is 950. The van der Waals surface area contributed by atoms with Crippen LogP contribution in [0.25, 0.3) is 10.9 Å². The number of benzene rings is 2. The summed E-state index contributed by atoms with van der Waals surface area (Å²) in [5.74, 6) is 1.42. The molecule has 0 aliphatic carbocycles. The first-order valence-electron chi connectivity index (χ1n) is 8.02. The summed E-state index contributed by atoms with van der Waals surface area (Å²) in [4.78, 5) is 19.4. The van der Waals surface area contributed by atoms with Crippen LogP contribution in [0.4, 0.5) is 5.82 Å². The van der Waals surface area contributed by atoms with Gasteiger partial charge in [-0.15, -0.1) is 0 Å². The van der Waals surface area contributed by atoms with Gasteiger partial charge in [-0.2, -0.15) is 0 Å². The average molecular weight is 318 g/mol. The molecule has 4 rings (SSSR count). The number of hydrogen-bond acceptors (Lipinski definition) is 3. The Balaban J connectivity index is 1.75. The van der Waals surface area contributed by atoms with Crippen molar-refractivity contribution in [3.63, 3.8) is 0 Å². The average Bonchev–Trinajstić information content (AvgIpc) is 3.01. The Morgan fingerprint density at radius 3 is 2.88 bits per heavy atom. The molecular formula is C20H18N2O2. The first kappa shape index (κ1) is 14.7. The number of amides is 1. The van der Waals surface area contributed by atoms with Crippen molar-refractivity contribution in [2.24, 2.45) is 0 Å². The molecule has 1 amide bonds. The molecule has 4 nitrogen and oxygen atoms in total. The molecule has 0 atom stereocenters. The van der Waals surface area contributed by atoms with E-state index >= 15 is 0 Å². The van der Waals surface area contributed by atoms with Crippen LogP contribution in [0.15, 0.2) is 48.5 Å². The van der Waals surface area contributed by atoms with Crippen molar-refractivity contribution in [3.05, 3.63) is 65.2 Å². The van der Waals surface area contributed by atoms with Crippen molar-refractivity contribution < 1.29 is 9.53 Å². The molecule has 0 fully saturated rings. The van der Waals surface area contributed by atoms with Gasteiger partial charge < -0.3 is 4.74 Å². The van der Waals surface area contributed by atoms with Gasteiger partial charge >= 0.3 is 0 Å². The lowest BCUT2D eigenvalue weighted by atomic mass is 10.1. The number of carbonyl (C=O) groups is 1.